The maximum atomic E-state index is 12.4. The van der Waals surface area contributed by atoms with Gasteiger partial charge in [-0.15, -0.1) is 0 Å². The van der Waals surface area contributed by atoms with E-state index in [1.807, 2.05) is 48.5 Å². The molecule has 0 aliphatic carbocycles. The number of hydrogen-bond donors (Lipinski definition) is 0. The topological polar surface area (TPSA) is 29.5 Å². The standard InChI is InChI=1S/C23H17NO2/c25-23-14-18-9-3-6-12-22(18)24(23)26-15-21-19-10-4-1-7-16(19)13-17-8-2-5-11-20(17)21/h1-13H,14-15H2. The highest BCUT2D eigenvalue weighted by Gasteiger charge is 2.28. The quantitative estimate of drug-likeness (QED) is 0.491. The Labute approximate surface area is 151 Å². The number of hydroxylamine groups is 1. The molecule has 0 radical (unpaired) electrons. The molecule has 0 spiro atoms. The first-order valence-electron chi connectivity index (χ1n) is 8.74. The maximum Gasteiger partial charge on any atom is 0.255 e. The van der Waals surface area contributed by atoms with E-state index in [9.17, 15) is 4.79 Å². The predicted molar refractivity (Wildman–Crippen MR) is 104 cm³/mol. The lowest BCUT2D eigenvalue weighted by molar-refractivity contribution is -0.124. The second-order valence-electron chi connectivity index (χ2n) is 6.56. The molecule has 4 aromatic rings. The fraction of sp³-hybridized carbons (Fsp3) is 0.0870. The number of carbonyl (C=O) groups excluding carboxylic acids is 1. The number of para-hydroxylation sites is 1. The summed E-state index contributed by atoms with van der Waals surface area (Å²) in [7, 11) is 0. The van der Waals surface area contributed by atoms with Crippen LogP contribution >= 0.6 is 0 Å². The van der Waals surface area contributed by atoms with Gasteiger partial charge in [-0.1, -0.05) is 66.7 Å². The van der Waals surface area contributed by atoms with Gasteiger partial charge in [0.2, 0.25) is 0 Å². The van der Waals surface area contributed by atoms with Gasteiger partial charge in [0.1, 0.15) is 6.61 Å². The Balaban J connectivity index is 1.58. The van der Waals surface area contributed by atoms with E-state index in [1.165, 1.54) is 15.8 Å². The molecule has 1 amide bonds. The highest BCUT2D eigenvalue weighted by Crippen LogP contribution is 2.32. The fourth-order valence-electron chi connectivity index (χ4n) is 3.76. The van der Waals surface area contributed by atoms with Gasteiger partial charge in [-0.3, -0.25) is 9.63 Å². The minimum Gasteiger partial charge on any atom is -0.272 e. The first-order valence-corrected chi connectivity index (χ1v) is 8.74. The lowest BCUT2D eigenvalue weighted by Gasteiger charge is -2.19. The summed E-state index contributed by atoms with van der Waals surface area (Å²) in [5.74, 6) is -0.0178. The van der Waals surface area contributed by atoms with Crippen LogP contribution in [0.4, 0.5) is 5.69 Å². The molecule has 3 nitrogen and oxygen atoms in total. The van der Waals surface area contributed by atoms with Crippen molar-refractivity contribution >= 4 is 33.1 Å². The molecule has 0 saturated carbocycles. The molecule has 1 aliphatic rings. The smallest absolute Gasteiger partial charge is 0.255 e. The van der Waals surface area contributed by atoms with Crippen LogP contribution in [0.15, 0.2) is 78.9 Å². The second-order valence-corrected chi connectivity index (χ2v) is 6.56. The van der Waals surface area contributed by atoms with E-state index < -0.39 is 0 Å². The third kappa shape index (κ3) is 2.37. The molecule has 0 bridgehead atoms. The Bertz CT molecular complexity index is 1100. The van der Waals surface area contributed by atoms with Crippen LogP contribution in [-0.2, 0) is 22.7 Å². The lowest BCUT2D eigenvalue weighted by Crippen LogP contribution is -2.26. The van der Waals surface area contributed by atoms with Crippen LogP contribution in [-0.4, -0.2) is 5.91 Å². The third-order valence-electron chi connectivity index (χ3n) is 5.00. The Morgan fingerprint density at radius 1 is 0.808 bits per heavy atom. The summed E-state index contributed by atoms with van der Waals surface area (Å²) in [6.45, 7) is 0.349. The number of hydrogen-bond acceptors (Lipinski definition) is 2. The molecule has 0 fully saturated rings. The molecule has 4 aromatic carbocycles. The highest BCUT2D eigenvalue weighted by atomic mass is 16.7. The molecule has 3 heteroatoms. The normalized spacial score (nSPS) is 13.5. The Morgan fingerprint density at radius 3 is 2.15 bits per heavy atom. The minimum absolute atomic E-state index is 0.0178. The molecule has 26 heavy (non-hydrogen) atoms. The Kier molecular flexibility index (Phi) is 3.47. The van der Waals surface area contributed by atoms with Gasteiger partial charge in [0.05, 0.1) is 12.1 Å². The molecule has 0 unspecified atom stereocenters. The molecular formula is C23H17NO2. The Morgan fingerprint density at radius 2 is 1.42 bits per heavy atom. The zero-order valence-electron chi connectivity index (χ0n) is 14.2. The number of anilines is 1. The molecule has 0 N–H and O–H groups in total. The molecular weight excluding hydrogens is 322 g/mol. The van der Waals surface area contributed by atoms with E-state index >= 15 is 0 Å². The number of amides is 1. The van der Waals surface area contributed by atoms with Crippen molar-refractivity contribution in [3.05, 3.63) is 90.0 Å². The highest BCUT2D eigenvalue weighted by molar-refractivity contribution is 6.02. The van der Waals surface area contributed by atoms with Crippen LogP contribution in [0.5, 0.6) is 0 Å². The van der Waals surface area contributed by atoms with Crippen LogP contribution in [0.25, 0.3) is 21.5 Å². The SMILES string of the molecule is O=C1Cc2ccccc2N1OCc1c2ccccc2cc2ccccc12. The van der Waals surface area contributed by atoms with E-state index in [4.69, 9.17) is 4.84 Å². The van der Waals surface area contributed by atoms with Crippen LogP contribution in [0.1, 0.15) is 11.1 Å². The van der Waals surface area contributed by atoms with Crippen molar-refractivity contribution < 1.29 is 9.63 Å². The number of nitrogens with zero attached hydrogens (tertiary/aromatic N) is 1. The average molecular weight is 339 g/mol. The van der Waals surface area contributed by atoms with Crippen molar-refractivity contribution in [3.8, 4) is 0 Å². The predicted octanol–water partition coefficient (Wildman–Crippen LogP) is 5.01. The molecule has 0 atom stereocenters. The van der Waals surface area contributed by atoms with Gasteiger partial charge >= 0.3 is 0 Å². The van der Waals surface area contributed by atoms with Gasteiger partial charge in [0.25, 0.3) is 5.91 Å². The van der Waals surface area contributed by atoms with Crippen molar-refractivity contribution in [3.63, 3.8) is 0 Å². The summed E-state index contributed by atoms with van der Waals surface area (Å²) < 4.78 is 0. The Hall–Kier alpha value is -3.17. The van der Waals surface area contributed by atoms with E-state index in [0.717, 1.165) is 27.6 Å². The van der Waals surface area contributed by atoms with Crippen molar-refractivity contribution in [2.24, 2.45) is 0 Å². The molecule has 126 valence electrons. The van der Waals surface area contributed by atoms with Crippen LogP contribution in [0.2, 0.25) is 0 Å². The first-order chi connectivity index (χ1) is 12.8. The number of carbonyl (C=O) groups is 1. The van der Waals surface area contributed by atoms with Crippen LogP contribution in [0, 0.1) is 0 Å². The monoisotopic (exact) mass is 339 g/mol. The van der Waals surface area contributed by atoms with Crippen molar-refractivity contribution in [1.29, 1.82) is 0 Å². The van der Waals surface area contributed by atoms with Crippen molar-refractivity contribution in [2.45, 2.75) is 13.0 Å². The number of rotatable bonds is 3. The van der Waals surface area contributed by atoms with E-state index in [-0.39, 0.29) is 5.91 Å². The minimum atomic E-state index is -0.0178. The van der Waals surface area contributed by atoms with Gasteiger partial charge in [0, 0.05) is 0 Å². The molecule has 5 rings (SSSR count). The fourth-order valence-corrected chi connectivity index (χ4v) is 3.76. The second kappa shape index (κ2) is 5.97. The summed E-state index contributed by atoms with van der Waals surface area (Å²) in [6.07, 6.45) is 0.395. The molecule has 0 saturated heterocycles. The summed E-state index contributed by atoms with van der Waals surface area (Å²) >= 11 is 0. The average Bonchev–Trinajstić information content (AvgIpc) is 3.00. The van der Waals surface area contributed by atoms with Gasteiger partial charge in [0.15, 0.2) is 0 Å². The molecule has 1 aliphatic heterocycles. The van der Waals surface area contributed by atoms with Gasteiger partial charge in [-0.05, 0) is 44.8 Å². The summed E-state index contributed by atoms with van der Waals surface area (Å²) in [6, 6.07) is 26.6. The molecule has 0 aromatic heterocycles. The first kappa shape index (κ1) is 15.1. The largest absolute Gasteiger partial charge is 0.272 e. The van der Waals surface area contributed by atoms with Gasteiger partial charge in [-0.2, -0.15) is 5.06 Å². The third-order valence-corrected chi connectivity index (χ3v) is 5.00. The number of benzene rings is 4. The van der Waals surface area contributed by atoms with Crippen molar-refractivity contribution in [1.82, 2.24) is 0 Å². The summed E-state index contributed by atoms with van der Waals surface area (Å²) in [5, 5.41) is 6.12. The summed E-state index contributed by atoms with van der Waals surface area (Å²) in [4.78, 5) is 18.4. The zero-order valence-corrected chi connectivity index (χ0v) is 14.2. The zero-order chi connectivity index (χ0) is 17.5. The van der Waals surface area contributed by atoms with Crippen LogP contribution in [0.3, 0.4) is 0 Å². The van der Waals surface area contributed by atoms with Crippen molar-refractivity contribution in [2.75, 3.05) is 5.06 Å². The number of fused-ring (bicyclic) bond motifs is 3. The van der Waals surface area contributed by atoms with E-state index in [0.29, 0.717) is 13.0 Å². The summed E-state index contributed by atoms with van der Waals surface area (Å²) in [5.41, 5.74) is 2.97. The maximum absolute atomic E-state index is 12.4. The lowest BCUT2D eigenvalue weighted by atomic mass is 9.97. The van der Waals surface area contributed by atoms with Crippen LogP contribution < -0.4 is 5.06 Å². The molecule has 1 heterocycles. The van der Waals surface area contributed by atoms with E-state index in [2.05, 4.69) is 30.3 Å². The van der Waals surface area contributed by atoms with Gasteiger partial charge in [-0.25, -0.2) is 0 Å². The van der Waals surface area contributed by atoms with E-state index in [1.54, 1.807) is 0 Å². The van der Waals surface area contributed by atoms with Gasteiger partial charge < -0.3 is 0 Å².